The number of benzene rings is 2. The highest BCUT2D eigenvalue weighted by molar-refractivity contribution is 6.09. The SMILES string of the molecule is CCOC(=O)C(CC=O)c1ccc(C(=O)c2ccc(OC)c(OC)c2)cc1. The minimum Gasteiger partial charge on any atom is -0.493 e. The van der Waals surface area contributed by atoms with E-state index in [1.54, 1.807) is 49.4 Å². The van der Waals surface area contributed by atoms with Gasteiger partial charge in [0.15, 0.2) is 17.3 Å². The van der Waals surface area contributed by atoms with E-state index in [2.05, 4.69) is 0 Å². The fourth-order valence-electron chi connectivity index (χ4n) is 2.72. The van der Waals surface area contributed by atoms with Gasteiger partial charge in [-0.1, -0.05) is 24.3 Å². The third-order valence-electron chi connectivity index (χ3n) is 4.12. The molecule has 2 aromatic rings. The second-order valence-electron chi connectivity index (χ2n) is 5.73. The second kappa shape index (κ2) is 9.52. The highest BCUT2D eigenvalue weighted by Gasteiger charge is 2.22. The molecule has 27 heavy (non-hydrogen) atoms. The summed E-state index contributed by atoms with van der Waals surface area (Å²) in [6.07, 6.45) is 0.714. The van der Waals surface area contributed by atoms with Crippen molar-refractivity contribution in [3.63, 3.8) is 0 Å². The summed E-state index contributed by atoms with van der Waals surface area (Å²) in [6, 6.07) is 11.5. The predicted octanol–water partition coefficient (Wildman–Crippen LogP) is 3.17. The van der Waals surface area contributed by atoms with E-state index >= 15 is 0 Å². The Morgan fingerprint density at radius 3 is 2.15 bits per heavy atom. The zero-order valence-corrected chi connectivity index (χ0v) is 15.6. The summed E-state index contributed by atoms with van der Waals surface area (Å²) in [5, 5.41) is 0. The molecule has 0 heterocycles. The molecule has 0 saturated heterocycles. The minimum absolute atomic E-state index is 0.0296. The Labute approximate surface area is 158 Å². The van der Waals surface area contributed by atoms with Crippen molar-refractivity contribution < 1.29 is 28.6 Å². The van der Waals surface area contributed by atoms with Crippen LogP contribution in [0.5, 0.6) is 11.5 Å². The molecule has 142 valence electrons. The van der Waals surface area contributed by atoms with Gasteiger partial charge in [0.05, 0.1) is 26.7 Å². The molecule has 0 spiro atoms. The van der Waals surface area contributed by atoms with E-state index in [0.717, 1.165) is 0 Å². The average Bonchev–Trinajstić information content (AvgIpc) is 2.71. The molecule has 0 N–H and O–H groups in total. The Bertz CT molecular complexity index is 810. The molecule has 0 aliphatic heterocycles. The number of methoxy groups -OCH3 is 2. The first-order valence-corrected chi connectivity index (χ1v) is 8.52. The van der Waals surface area contributed by atoms with E-state index in [0.29, 0.717) is 34.5 Å². The van der Waals surface area contributed by atoms with E-state index in [1.807, 2.05) is 0 Å². The lowest BCUT2D eigenvalue weighted by Crippen LogP contribution is -2.16. The molecule has 1 atom stereocenters. The van der Waals surface area contributed by atoms with Crippen LogP contribution in [-0.4, -0.2) is 38.9 Å². The summed E-state index contributed by atoms with van der Waals surface area (Å²) < 4.78 is 15.4. The zero-order chi connectivity index (χ0) is 19.8. The van der Waals surface area contributed by atoms with Crippen molar-refractivity contribution in [2.45, 2.75) is 19.3 Å². The average molecular weight is 370 g/mol. The molecular formula is C21H22O6. The van der Waals surface area contributed by atoms with Crippen LogP contribution >= 0.6 is 0 Å². The maximum Gasteiger partial charge on any atom is 0.313 e. The topological polar surface area (TPSA) is 78.9 Å². The predicted molar refractivity (Wildman–Crippen MR) is 99.5 cm³/mol. The molecule has 6 heteroatoms. The lowest BCUT2D eigenvalue weighted by Gasteiger charge is -2.14. The van der Waals surface area contributed by atoms with E-state index < -0.39 is 11.9 Å². The quantitative estimate of drug-likeness (QED) is 0.383. The molecule has 0 aromatic heterocycles. The fraction of sp³-hybridized carbons (Fsp3) is 0.286. The van der Waals surface area contributed by atoms with Crippen molar-refractivity contribution >= 4 is 18.0 Å². The number of carbonyl (C=O) groups excluding carboxylic acids is 3. The van der Waals surface area contributed by atoms with Crippen LogP contribution in [-0.2, 0) is 14.3 Å². The summed E-state index contributed by atoms with van der Waals surface area (Å²) in [7, 11) is 3.03. The summed E-state index contributed by atoms with van der Waals surface area (Å²) in [5.74, 6) is -0.314. The van der Waals surface area contributed by atoms with Gasteiger partial charge in [-0.2, -0.15) is 0 Å². The Hall–Kier alpha value is -3.15. The number of ether oxygens (including phenoxy) is 3. The molecule has 2 aromatic carbocycles. The molecule has 6 nitrogen and oxygen atoms in total. The Kier molecular flexibility index (Phi) is 7.11. The van der Waals surface area contributed by atoms with Crippen molar-refractivity contribution in [2.75, 3.05) is 20.8 Å². The summed E-state index contributed by atoms with van der Waals surface area (Å²) in [5.41, 5.74) is 1.54. The van der Waals surface area contributed by atoms with E-state index in [9.17, 15) is 14.4 Å². The highest BCUT2D eigenvalue weighted by atomic mass is 16.5. The first kappa shape index (κ1) is 20.2. The largest absolute Gasteiger partial charge is 0.493 e. The molecule has 0 amide bonds. The maximum absolute atomic E-state index is 12.7. The normalized spacial score (nSPS) is 11.4. The third kappa shape index (κ3) is 4.73. The van der Waals surface area contributed by atoms with Gasteiger partial charge < -0.3 is 19.0 Å². The van der Waals surface area contributed by atoms with E-state index in [1.165, 1.54) is 14.2 Å². The maximum atomic E-state index is 12.7. The van der Waals surface area contributed by atoms with Gasteiger partial charge >= 0.3 is 5.97 Å². The van der Waals surface area contributed by atoms with Crippen LogP contribution in [0.15, 0.2) is 42.5 Å². The lowest BCUT2D eigenvalue weighted by molar-refractivity contribution is -0.145. The van der Waals surface area contributed by atoms with Crippen LogP contribution in [0.4, 0.5) is 0 Å². The first-order chi connectivity index (χ1) is 13.0. The van der Waals surface area contributed by atoms with Gasteiger partial charge in [-0.05, 0) is 30.7 Å². The molecule has 1 unspecified atom stereocenters. The van der Waals surface area contributed by atoms with Crippen LogP contribution < -0.4 is 9.47 Å². The van der Waals surface area contributed by atoms with Gasteiger partial charge in [-0.25, -0.2) is 0 Å². The van der Waals surface area contributed by atoms with Crippen LogP contribution in [0.25, 0.3) is 0 Å². The van der Waals surface area contributed by atoms with Crippen LogP contribution in [0.1, 0.15) is 40.7 Å². The van der Waals surface area contributed by atoms with Crippen LogP contribution in [0.3, 0.4) is 0 Å². The monoisotopic (exact) mass is 370 g/mol. The number of hydrogen-bond acceptors (Lipinski definition) is 6. The smallest absolute Gasteiger partial charge is 0.313 e. The second-order valence-corrected chi connectivity index (χ2v) is 5.73. The summed E-state index contributed by atoms with van der Waals surface area (Å²) in [6.45, 7) is 1.95. The number of rotatable bonds is 9. The Balaban J connectivity index is 2.26. The first-order valence-electron chi connectivity index (χ1n) is 8.52. The van der Waals surface area contributed by atoms with Gasteiger partial charge in [0, 0.05) is 17.5 Å². The number of carbonyl (C=O) groups is 3. The minimum atomic E-state index is -0.673. The Morgan fingerprint density at radius 2 is 1.59 bits per heavy atom. The van der Waals surface area contributed by atoms with E-state index in [4.69, 9.17) is 14.2 Å². The number of ketones is 1. The molecule has 2 rings (SSSR count). The van der Waals surface area contributed by atoms with E-state index in [-0.39, 0.29) is 18.8 Å². The van der Waals surface area contributed by atoms with Gasteiger partial charge in [0.1, 0.15) is 6.29 Å². The van der Waals surface area contributed by atoms with Gasteiger partial charge in [-0.15, -0.1) is 0 Å². The molecule has 0 saturated carbocycles. The number of hydrogen-bond donors (Lipinski definition) is 0. The number of aldehydes is 1. The van der Waals surface area contributed by atoms with Crippen molar-refractivity contribution in [3.05, 3.63) is 59.2 Å². The molecule has 0 fully saturated rings. The zero-order valence-electron chi connectivity index (χ0n) is 15.6. The van der Waals surface area contributed by atoms with Gasteiger partial charge in [-0.3, -0.25) is 9.59 Å². The third-order valence-corrected chi connectivity index (χ3v) is 4.12. The van der Waals surface area contributed by atoms with Crippen LogP contribution in [0.2, 0.25) is 0 Å². The van der Waals surface area contributed by atoms with Crippen molar-refractivity contribution in [2.24, 2.45) is 0 Å². The summed E-state index contributed by atoms with van der Waals surface area (Å²) in [4.78, 5) is 35.6. The lowest BCUT2D eigenvalue weighted by atomic mass is 9.94. The van der Waals surface area contributed by atoms with Gasteiger partial charge in [0.2, 0.25) is 0 Å². The number of esters is 1. The van der Waals surface area contributed by atoms with Gasteiger partial charge in [0.25, 0.3) is 0 Å². The fourth-order valence-corrected chi connectivity index (χ4v) is 2.72. The standard InChI is InChI=1S/C21H22O6/c1-4-27-21(24)17(11-12-22)14-5-7-15(8-6-14)20(23)16-9-10-18(25-2)19(13-16)26-3/h5-10,12-13,17H,4,11H2,1-3H3. The Morgan fingerprint density at radius 1 is 0.963 bits per heavy atom. The molecule has 0 aliphatic rings. The van der Waals surface area contributed by atoms with Crippen LogP contribution in [0, 0.1) is 0 Å². The molecular weight excluding hydrogens is 348 g/mol. The molecule has 0 bridgehead atoms. The van der Waals surface area contributed by atoms with Crippen molar-refractivity contribution in [1.82, 2.24) is 0 Å². The highest BCUT2D eigenvalue weighted by Crippen LogP contribution is 2.29. The van der Waals surface area contributed by atoms with Crippen molar-refractivity contribution in [1.29, 1.82) is 0 Å². The summed E-state index contributed by atoms with van der Waals surface area (Å²) >= 11 is 0. The van der Waals surface area contributed by atoms with Crippen molar-refractivity contribution in [3.8, 4) is 11.5 Å². The molecule has 0 radical (unpaired) electrons. The molecule has 0 aliphatic carbocycles.